The van der Waals surface area contributed by atoms with Crippen molar-refractivity contribution in [1.82, 2.24) is 20.4 Å². The van der Waals surface area contributed by atoms with Crippen LogP contribution in [0.4, 0.5) is 0 Å². The molecule has 1 aliphatic heterocycles. The smallest absolute Gasteiger partial charge is 0.272 e. The molecule has 6 heteroatoms. The van der Waals surface area contributed by atoms with Gasteiger partial charge in [-0.2, -0.15) is 5.10 Å². The zero-order valence-corrected chi connectivity index (χ0v) is 15.9. The number of aryl methyl sites for hydroxylation is 1. The van der Waals surface area contributed by atoms with E-state index in [1.165, 1.54) is 5.56 Å². The first-order valence-electron chi connectivity index (χ1n) is 8.18. The summed E-state index contributed by atoms with van der Waals surface area (Å²) in [5.74, 6) is -0.0863. The number of carbonyl (C=O) groups excluding carboxylic acids is 1. The van der Waals surface area contributed by atoms with Crippen molar-refractivity contribution in [2.24, 2.45) is 7.05 Å². The molecule has 2 aromatic rings. The number of rotatable bonds is 4. The van der Waals surface area contributed by atoms with Crippen LogP contribution in [0.2, 0.25) is 0 Å². The highest BCUT2D eigenvalue weighted by Crippen LogP contribution is 2.25. The normalized spacial score (nSPS) is 14.3. The van der Waals surface area contributed by atoms with E-state index < -0.39 is 0 Å². The van der Waals surface area contributed by atoms with Gasteiger partial charge in [-0.15, -0.1) is 0 Å². The summed E-state index contributed by atoms with van der Waals surface area (Å²) in [6.45, 7) is 6.49. The summed E-state index contributed by atoms with van der Waals surface area (Å²) in [4.78, 5) is 12.7. The number of hydrogen-bond donors (Lipinski definition) is 2. The number of carbonyl (C=O) groups is 1. The number of halogens is 1. The molecule has 0 atom stereocenters. The molecule has 0 bridgehead atoms. The van der Waals surface area contributed by atoms with Gasteiger partial charge in [-0.1, -0.05) is 41.9 Å². The largest absolute Gasteiger partial charge is 0.350 e. The number of nitrogens with zero attached hydrogens (tertiary/aromatic N) is 2. The minimum atomic E-state index is -0.157. The van der Waals surface area contributed by atoms with Crippen molar-refractivity contribution in [3.8, 4) is 0 Å². The van der Waals surface area contributed by atoms with Crippen LogP contribution in [0.25, 0.3) is 0 Å². The highest BCUT2D eigenvalue weighted by atomic mass is 79.9. The summed E-state index contributed by atoms with van der Waals surface area (Å²) in [5.41, 5.74) is 3.78. The summed E-state index contributed by atoms with van der Waals surface area (Å²) < 4.78 is 2.86. The Balaban J connectivity index is 1.74. The van der Waals surface area contributed by atoms with Crippen molar-refractivity contribution < 1.29 is 4.79 Å². The van der Waals surface area contributed by atoms with Crippen LogP contribution in [0.3, 0.4) is 0 Å². The number of benzene rings is 1. The molecule has 2 heterocycles. The van der Waals surface area contributed by atoms with Crippen LogP contribution in [0, 0.1) is 0 Å². The number of hydrogen-bond acceptors (Lipinski definition) is 3. The van der Waals surface area contributed by atoms with E-state index in [0.717, 1.165) is 35.2 Å². The van der Waals surface area contributed by atoms with Crippen LogP contribution in [0.15, 0.2) is 28.7 Å². The van der Waals surface area contributed by atoms with Gasteiger partial charge in [0, 0.05) is 35.6 Å². The minimum absolute atomic E-state index is 0.0863. The maximum absolute atomic E-state index is 12.7. The first-order valence-corrected chi connectivity index (χ1v) is 8.97. The molecule has 0 unspecified atom stereocenters. The quantitative estimate of drug-likeness (QED) is 0.842. The fraction of sp³-hybridized carbons (Fsp3) is 0.444. The molecule has 2 N–H and O–H groups in total. The van der Waals surface area contributed by atoms with Crippen LogP contribution < -0.4 is 10.6 Å². The van der Waals surface area contributed by atoms with E-state index in [4.69, 9.17) is 0 Å². The van der Waals surface area contributed by atoms with Gasteiger partial charge < -0.3 is 10.6 Å². The molecule has 1 aliphatic rings. The summed E-state index contributed by atoms with van der Waals surface area (Å²) in [6, 6.07) is 8.21. The Hall–Kier alpha value is -1.66. The molecular formula is C18H23BrN4O. The fourth-order valence-corrected chi connectivity index (χ4v) is 3.48. The third kappa shape index (κ3) is 3.39. The molecule has 0 spiro atoms. The lowest BCUT2D eigenvalue weighted by Crippen LogP contribution is -2.37. The molecule has 0 fully saturated rings. The number of nitrogens with one attached hydrogen (secondary N) is 2. The molecule has 0 radical (unpaired) electrons. The Morgan fingerprint density at radius 1 is 1.46 bits per heavy atom. The average molecular weight is 391 g/mol. The summed E-state index contributed by atoms with van der Waals surface area (Å²) >= 11 is 3.51. The lowest BCUT2D eigenvalue weighted by molar-refractivity contribution is 0.0939. The standard InChI is InChI=1S/C18H23BrN4O/c1-18(2,12-5-4-6-13(19)9-12)11-21-17(24)16-14-7-8-20-10-15(14)23(3)22-16/h4-6,9,20H,7-8,10-11H2,1-3H3,(H,21,24). The maximum atomic E-state index is 12.7. The molecule has 1 aromatic carbocycles. The Labute approximate surface area is 151 Å². The third-order valence-corrected chi connectivity index (χ3v) is 5.12. The highest BCUT2D eigenvalue weighted by molar-refractivity contribution is 9.10. The summed E-state index contributed by atoms with van der Waals surface area (Å²) in [6.07, 6.45) is 0.848. The van der Waals surface area contributed by atoms with Gasteiger partial charge in [0.2, 0.25) is 0 Å². The molecule has 5 nitrogen and oxygen atoms in total. The van der Waals surface area contributed by atoms with Gasteiger partial charge in [0.1, 0.15) is 0 Å². The molecule has 0 saturated heterocycles. The van der Waals surface area contributed by atoms with E-state index in [9.17, 15) is 4.79 Å². The van der Waals surface area contributed by atoms with Gasteiger partial charge in [-0.3, -0.25) is 9.48 Å². The first-order chi connectivity index (χ1) is 11.4. The lowest BCUT2D eigenvalue weighted by Gasteiger charge is -2.26. The third-order valence-electron chi connectivity index (χ3n) is 4.63. The Bertz CT molecular complexity index is 766. The van der Waals surface area contributed by atoms with Crippen LogP contribution in [-0.4, -0.2) is 28.8 Å². The van der Waals surface area contributed by atoms with E-state index in [2.05, 4.69) is 57.6 Å². The molecular weight excluding hydrogens is 368 g/mol. The zero-order valence-electron chi connectivity index (χ0n) is 14.3. The van der Waals surface area contributed by atoms with Crippen LogP contribution >= 0.6 is 15.9 Å². The Kier molecular flexibility index (Phi) is 4.78. The fourth-order valence-electron chi connectivity index (χ4n) is 3.09. The molecule has 128 valence electrons. The topological polar surface area (TPSA) is 59.0 Å². The highest BCUT2D eigenvalue weighted by Gasteiger charge is 2.26. The second kappa shape index (κ2) is 6.69. The predicted octanol–water partition coefficient (Wildman–Crippen LogP) is 2.54. The van der Waals surface area contributed by atoms with Crippen molar-refractivity contribution in [3.63, 3.8) is 0 Å². The van der Waals surface area contributed by atoms with Crippen LogP contribution in [-0.2, 0) is 25.4 Å². The average Bonchev–Trinajstić information content (AvgIpc) is 2.90. The van der Waals surface area contributed by atoms with E-state index in [0.29, 0.717) is 12.2 Å². The number of aromatic nitrogens is 2. The number of amides is 1. The van der Waals surface area contributed by atoms with Crippen LogP contribution in [0.5, 0.6) is 0 Å². The van der Waals surface area contributed by atoms with Gasteiger partial charge in [0.25, 0.3) is 5.91 Å². The van der Waals surface area contributed by atoms with Crippen LogP contribution in [0.1, 0.15) is 41.2 Å². The molecule has 1 aromatic heterocycles. The van der Waals surface area contributed by atoms with E-state index >= 15 is 0 Å². The van der Waals surface area contributed by atoms with Gasteiger partial charge in [0.15, 0.2) is 5.69 Å². The molecule has 0 aliphatic carbocycles. The molecule has 24 heavy (non-hydrogen) atoms. The second-order valence-corrected chi connectivity index (χ2v) is 7.82. The SMILES string of the molecule is Cn1nc(C(=O)NCC(C)(C)c2cccc(Br)c2)c2c1CNCC2. The monoisotopic (exact) mass is 390 g/mol. The van der Waals surface area contributed by atoms with Crippen molar-refractivity contribution >= 4 is 21.8 Å². The molecule has 3 rings (SSSR count). The van der Waals surface area contributed by atoms with Crippen molar-refractivity contribution in [3.05, 3.63) is 51.3 Å². The van der Waals surface area contributed by atoms with E-state index in [-0.39, 0.29) is 11.3 Å². The summed E-state index contributed by atoms with van der Waals surface area (Å²) in [7, 11) is 1.90. The first kappa shape index (κ1) is 17.2. The summed E-state index contributed by atoms with van der Waals surface area (Å²) in [5, 5.41) is 10.8. The predicted molar refractivity (Wildman–Crippen MR) is 98.1 cm³/mol. The van der Waals surface area contributed by atoms with Crippen molar-refractivity contribution in [2.45, 2.75) is 32.2 Å². The second-order valence-electron chi connectivity index (χ2n) is 6.90. The van der Waals surface area contributed by atoms with Crippen molar-refractivity contribution in [2.75, 3.05) is 13.1 Å². The van der Waals surface area contributed by atoms with Gasteiger partial charge >= 0.3 is 0 Å². The zero-order chi connectivity index (χ0) is 17.3. The number of fused-ring (bicyclic) bond motifs is 1. The molecule has 1 amide bonds. The Morgan fingerprint density at radius 3 is 3.00 bits per heavy atom. The van der Waals surface area contributed by atoms with Gasteiger partial charge in [-0.05, 0) is 30.7 Å². The van der Waals surface area contributed by atoms with Gasteiger partial charge in [-0.25, -0.2) is 0 Å². The lowest BCUT2D eigenvalue weighted by atomic mass is 9.84. The van der Waals surface area contributed by atoms with E-state index in [1.807, 2.05) is 23.9 Å². The van der Waals surface area contributed by atoms with E-state index in [1.54, 1.807) is 0 Å². The molecule has 0 saturated carbocycles. The van der Waals surface area contributed by atoms with Crippen molar-refractivity contribution in [1.29, 1.82) is 0 Å². The minimum Gasteiger partial charge on any atom is -0.350 e. The Morgan fingerprint density at radius 2 is 2.25 bits per heavy atom. The van der Waals surface area contributed by atoms with Gasteiger partial charge in [0.05, 0.1) is 5.69 Å². The maximum Gasteiger partial charge on any atom is 0.272 e.